The molecule has 0 aliphatic carbocycles. The highest BCUT2D eigenvalue weighted by Gasteiger charge is 2.01. The number of rotatable bonds is 3. The third kappa shape index (κ3) is 3.88. The Morgan fingerprint density at radius 2 is 2.30 bits per heavy atom. The molecule has 0 atom stereocenters. The lowest BCUT2D eigenvalue weighted by molar-refractivity contribution is -0.116. The molecule has 58 valence electrons. The van der Waals surface area contributed by atoms with Gasteiger partial charge in [-0.05, 0) is 13.8 Å². The Labute approximate surface area is 60.0 Å². The van der Waals surface area contributed by atoms with Crippen molar-refractivity contribution in [1.29, 1.82) is 0 Å². The lowest BCUT2D eigenvalue weighted by Gasteiger charge is -2.01. The summed E-state index contributed by atoms with van der Waals surface area (Å²) in [7, 11) is 0. The molecule has 4 nitrogen and oxygen atoms in total. The van der Waals surface area contributed by atoms with Crippen molar-refractivity contribution >= 4 is 11.7 Å². The topological polar surface area (TPSA) is 64.7 Å². The molecule has 0 unspecified atom stereocenters. The SMILES string of the molecule is CCOC(CC(C)=O)=NN. The van der Waals surface area contributed by atoms with Crippen LogP contribution in [0, 0.1) is 0 Å². The summed E-state index contributed by atoms with van der Waals surface area (Å²) in [6, 6.07) is 0. The van der Waals surface area contributed by atoms with Crippen LogP contribution in [0.3, 0.4) is 0 Å². The van der Waals surface area contributed by atoms with Crippen LogP contribution < -0.4 is 5.84 Å². The van der Waals surface area contributed by atoms with Crippen molar-refractivity contribution in [2.75, 3.05) is 6.61 Å². The van der Waals surface area contributed by atoms with Crippen LogP contribution >= 0.6 is 0 Å². The van der Waals surface area contributed by atoms with Gasteiger partial charge in [0, 0.05) is 0 Å². The largest absolute Gasteiger partial charge is 0.480 e. The summed E-state index contributed by atoms with van der Waals surface area (Å²) in [6.07, 6.45) is 0.185. The van der Waals surface area contributed by atoms with Gasteiger partial charge in [0.15, 0.2) is 0 Å². The van der Waals surface area contributed by atoms with Crippen molar-refractivity contribution in [2.24, 2.45) is 10.9 Å². The number of ether oxygens (including phenoxy) is 1. The van der Waals surface area contributed by atoms with Crippen LogP contribution in [0.4, 0.5) is 0 Å². The van der Waals surface area contributed by atoms with E-state index >= 15 is 0 Å². The molecule has 0 amide bonds. The van der Waals surface area contributed by atoms with E-state index in [1.54, 1.807) is 0 Å². The van der Waals surface area contributed by atoms with E-state index in [1.165, 1.54) is 6.92 Å². The Kier molecular flexibility index (Phi) is 4.28. The highest BCUT2D eigenvalue weighted by Crippen LogP contribution is 1.89. The fourth-order valence-corrected chi connectivity index (χ4v) is 0.514. The molecule has 0 aromatic rings. The summed E-state index contributed by atoms with van der Waals surface area (Å²) in [5, 5.41) is 3.29. The number of hydrogen-bond donors (Lipinski definition) is 1. The predicted octanol–water partition coefficient (Wildman–Crippen LogP) is 0.274. The molecule has 0 aromatic heterocycles. The molecule has 0 heterocycles. The summed E-state index contributed by atoms with van der Waals surface area (Å²) < 4.78 is 4.91. The summed E-state index contributed by atoms with van der Waals surface area (Å²) in [6.45, 7) is 3.76. The van der Waals surface area contributed by atoms with Crippen molar-refractivity contribution in [3.63, 3.8) is 0 Å². The zero-order chi connectivity index (χ0) is 7.98. The third-order valence-electron chi connectivity index (χ3n) is 0.855. The Balaban J connectivity index is 3.73. The molecule has 0 saturated heterocycles. The number of hydrazone groups is 1. The molecule has 4 heteroatoms. The minimum Gasteiger partial charge on any atom is -0.480 e. The Hall–Kier alpha value is -1.06. The molecule has 2 N–H and O–H groups in total. The maximum Gasteiger partial charge on any atom is 0.212 e. The van der Waals surface area contributed by atoms with E-state index in [0.29, 0.717) is 12.5 Å². The van der Waals surface area contributed by atoms with Crippen molar-refractivity contribution in [1.82, 2.24) is 0 Å². The predicted molar refractivity (Wildman–Crippen MR) is 38.5 cm³/mol. The number of nitrogens with two attached hydrogens (primary N) is 1. The monoisotopic (exact) mass is 144 g/mol. The number of hydrogen-bond acceptors (Lipinski definition) is 4. The molecule has 0 fully saturated rings. The summed E-state index contributed by atoms with van der Waals surface area (Å²) in [5.74, 6) is 5.22. The van der Waals surface area contributed by atoms with E-state index in [0.717, 1.165) is 0 Å². The number of Topliss-reactive ketones (excluding diaryl/α,β-unsaturated/α-hetero) is 1. The molecule has 0 aliphatic rings. The average molecular weight is 144 g/mol. The standard InChI is InChI=1S/C6H12N2O2/c1-3-10-6(8-7)4-5(2)9/h3-4,7H2,1-2H3. The van der Waals surface area contributed by atoms with E-state index in [1.807, 2.05) is 6.92 Å². The van der Waals surface area contributed by atoms with E-state index < -0.39 is 0 Å². The normalized spacial score (nSPS) is 11.2. The van der Waals surface area contributed by atoms with Crippen LogP contribution in [0.5, 0.6) is 0 Å². The second-order valence-electron chi connectivity index (χ2n) is 1.83. The fraction of sp³-hybridized carbons (Fsp3) is 0.667. The van der Waals surface area contributed by atoms with E-state index in [-0.39, 0.29) is 12.2 Å². The molecule has 10 heavy (non-hydrogen) atoms. The molecular formula is C6H12N2O2. The van der Waals surface area contributed by atoms with Crippen LogP contribution in [-0.4, -0.2) is 18.3 Å². The van der Waals surface area contributed by atoms with E-state index in [9.17, 15) is 4.79 Å². The van der Waals surface area contributed by atoms with Crippen LogP contribution in [0.2, 0.25) is 0 Å². The fourth-order valence-electron chi connectivity index (χ4n) is 0.514. The first-order chi connectivity index (χ1) is 4.70. The minimum absolute atomic E-state index is 0.00218. The lowest BCUT2D eigenvalue weighted by Crippen LogP contribution is -2.11. The second kappa shape index (κ2) is 4.78. The summed E-state index contributed by atoms with van der Waals surface area (Å²) in [5.41, 5.74) is 0. The Morgan fingerprint density at radius 3 is 2.60 bits per heavy atom. The van der Waals surface area contributed by atoms with Crippen molar-refractivity contribution in [2.45, 2.75) is 20.3 Å². The molecular weight excluding hydrogens is 132 g/mol. The first-order valence-corrected chi connectivity index (χ1v) is 3.09. The number of nitrogens with zero attached hydrogens (tertiary/aromatic N) is 1. The highest BCUT2D eigenvalue weighted by atomic mass is 16.5. The molecule has 0 radical (unpaired) electrons. The first-order valence-electron chi connectivity index (χ1n) is 3.09. The highest BCUT2D eigenvalue weighted by molar-refractivity contribution is 5.96. The van der Waals surface area contributed by atoms with Crippen LogP contribution in [0.25, 0.3) is 0 Å². The Morgan fingerprint density at radius 1 is 1.70 bits per heavy atom. The van der Waals surface area contributed by atoms with E-state index in [4.69, 9.17) is 10.6 Å². The number of ketones is 1. The van der Waals surface area contributed by atoms with Gasteiger partial charge in [0.2, 0.25) is 5.90 Å². The third-order valence-corrected chi connectivity index (χ3v) is 0.855. The van der Waals surface area contributed by atoms with Gasteiger partial charge in [-0.3, -0.25) is 4.79 Å². The Bertz CT molecular complexity index is 143. The van der Waals surface area contributed by atoms with Gasteiger partial charge in [0.05, 0.1) is 13.0 Å². The molecule has 0 spiro atoms. The molecule has 0 bridgehead atoms. The van der Waals surface area contributed by atoms with Gasteiger partial charge in [0.25, 0.3) is 0 Å². The van der Waals surface area contributed by atoms with Crippen molar-refractivity contribution < 1.29 is 9.53 Å². The van der Waals surface area contributed by atoms with Crippen LogP contribution in [0.15, 0.2) is 5.10 Å². The minimum atomic E-state index is -0.00218. The van der Waals surface area contributed by atoms with Gasteiger partial charge in [-0.25, -0.2) is 0 Å². The van der Waals surface area contributed by atoms with Crippen molar-refractivity contribution in [3.05, 3.63) is 0 Å². The summed E-state index contributed by atoms with van der Waals surface area (Å²) in [4.78, 5) is 10.5. The average Bonchev–Trinajstić information content (AvgIpc) is 1.86. The second-order valence-corrected chi connectivity index (χ2v) is 1.83. The lowest BCUT2D eigenvalue weighted by atomic mass is 10.3. The van der Waals surface area contributed by atoms with Crippen LogP contribution in [0.1, 0.15) is 20.3 Å². The van der Waals surface area contributed by atoms with Gasteiger partial charge in [-0.15, -0.1) is 5.10 Å². The quantitative estimate of drug-likeness (QED) is 0.268. The van der Waals surface area contributed by atoms with Crippen LogP contribution in [-0.2, 0) is 9.53 Å². The zero-order valence-electron chi connectivity index (χ0n) is 6.26. The van der Waals surface area contributed by atoms with Gasteiger partial charge in [0.1, 0.15) is 5.78 Å². The van der Waals surface area contributed by atoms with Gasteiger partial charge < -0.3 is 10.6 Å². The van der Waals surface area contributed by atoms with E-state index in [2.05, 4.69) is 5.10 Å². The maximum absolute atomic E-state index is 10.5. The van der Waals surface area contributed by atoms with Gasteiger partial charge >= 0.3 is 0 Å². The molecule has 0 aliphatic heterocycles. The maximum atomic E-state index is 10.5. The number of carbonyl (C=O) groups is 1. The summed E-state index contributed by atoms with van der Waals surface area (Å²) >= 11 is 0. The van der Waals surface area contributed by atoms with Gasteiger partial charge in [-0.1, -0.05) is 0 Å². The van der Waals surface area contributed by atoms with Crippen molar-refractivity contribution in [3.8, 4) is 0 Å². The number of carbonyl (C=O) groups excluding carboxylic acids is 1. The first kappa shape index (κ1) is 8.94. The molecule has 0 saturated carbocycles. The zero-order valence-corrected chi connectivity index (χ0v) is 6.26. The van der Waals surface area contributed by atoms with Gasteiger partial charge in [-0.2, -0.15) is 0 Å². The molecule has 0 aromatic carbocycles. The molecule has 0 rings (SSSR count). The smallest absolute Gasteiger partial charge is 0.212 e.